The summed E-state index contributed by atoms with van der Waals surface area (Å²) in [5.41, 5.74) is 3.44. The second kappa shape index (κ2) is 11.3. The molecule has 0 saturated heterocycles. The van der Waals surface area contributed by atoms with Crippen LogP contribution < -0.4 is 19.8 Å². The Bertz CT molecular complexity index is 1040. The number of nitrogens with one attached hydrogen (secondary N) is 2. The lowest BCUT2D eigenvalue weighted by Crippen LogP contribution is -2.46. The van der Waals surface area contributed by atoms with E-state index in [9.17, 15) is 18.0 Å². The normalized spacial score (nSPS) is 12.4. The number of rotatable bonds is 10. The number of hydrogen-bond acceptors (Lipinski definition) is 6. The molecule has 32 heavy (non-hydrogen) atoms. The van der Waals surface area contributed by atoms with Crippen LogP contribution in [0.2, 0.25) is 0 Å². The zero-order valence-electron chi connectivity index (χ0n) is 18.5. The average molecular weight is 461 g/mol. The lowest BCUT2D eigenvalue weighted by molar-refractivity contribution is -0.123. The summed E-state index contributed by atoms with van der Waals surface area (Å²) < 4.78 is 30.9. The fourth-order valence-corrected chi connectivity index (χ4v) is 3.99. The molecule has 0 fully saturated rings. The van der Waals surface area contributed by atoms with Crippen molar-refractivity contribution in [3.05, 3.63) is 60.2 Å². The van der Waals surface area contributed by atoms with Crippen LogP contribution >= 0.6 is 0 Å². The van der Waals surface area contributed by atoms with Gasteiger partial charge in [-0.25, -0.2) is 13.8 Å². The maximum absolute atomic E-state index is 12.5. The summed E-state index contributed by atoms with van der Waals surface area (Å²) in [5.74, 6) is -0.266. The highest BCUT2D eigenvalue weighted by Gasteiger charge is 2.28. The smallest absolute Gasteiger partial charge is 0.263 e. The second-order valence-electron chi connectivity index (χ2n) is 7.38. The van der Waals surface area contributed by atoms with E-state index in [1.165, 1.54) is 13.1 Å². The number of nitrogens with zero attached hydrogens (tertiary/aromatic N) is 2. The molecule has 0 unspecified atom stereocenters. The summed E-state index contributed by atoms with van der Waals surface area (Å²) in [4.78, 5) is 24.1. The van der Waals surface area contributed by atoms with Gasteiger partial charge >= 0.3 is 0 Å². The predicted molar refractivity (Wildman–Crippen MR) is 124 cm³/mol. The van der Waals surface area contributed by atoms with Crippen LogP contribution in [-0.2, 0) is 19.6 Å². The maximum atomic E-state index is 12.5. The third-order valence-electron chi connectivity index (χ3n) is 4.19. The van der Waals surface area contributed by atoms with Gasteiger partial charge in [0.25, 0.3) is 11.8 Å². The lowest BCUT2D eigenvalue weighted by atomic mass is 10.2. The molecule has 2 aromatic carbocycles. The molecule has 0 radical (unpaired) electrons. The van der Waals surface area contributed by atoms with Gasteiger partial charge in [0.05, 0.1) is 18.2 Å². The summed E-state index contributed by atoms with van der Waals surface area (Å²) in [5, 5.41) is 6.64. The molecular weight excluding hydrogens is 432 g/mol. The SMILES string of the molecule is CC(C)NC(=O)COc1ccc(/C=N\NC(=O)[C@@H](C)N(c2ccccc2)S(C)(=O)=O)cc1. The van der Waals surface area contributed by atoms with E-state index in [1.54, 1.807) is 54.6 Å². The van der Waals surface area contributed by atoms with Crippen molar-refractivity contribution in [1.82, 2.24) is 10.7 Å². The van der Waals surface area contributed by atoms with Gasteiger partial charge in [0.2, 0.25) is 10.0 Å². The Morgan fingerprint density at radius 1 is 1.06 bits per heavy atom. The fourth-order valence-electron chi connectivity index (χ4n) is 2.81. The van der Waals surface area contributed by atoms with E-state index in [0.717, 1.165) is 10.6 Å². The number of para-hydroxylation sites is 1. The van der Waals surface area contributed by atoms with E-state index in [4.69, 9.17) is 4.74 Å². The molecular formula is C22H28N4O5S. The van der Waals surface area contributed by atoms with Crippen molar-refractivity contribution in [1.29, 1.82) is 0 Å². The molecule has 0 aliphatic carbocycles. The average Bonchev–Trinajstić information content (AvgIpc) is 2.72. The summed E-state index contributed by atoms with van der Waals surface area (Å²) in [6.07, 6.45) is 2.47. The highest BCUT2D eigenvalue weighted by atomic mass is 32.2. The first-order valence-corrected chi connectivity index (χ1v) is 11.8. The van der Waals surface area contributed by atoms with Crippen molar-refractivity contribution < 1.29 is 22.7 Å². The predicted octanol–water partition coefficient (Wildman–Crippen LogP) is 1.89. The zero-order chi connectivity index (χ0) is 23.7. The van der Waals surface area contributed by atoms with E-state index in [-0.39, 0.29) is 18.6 Å². The van der Waals surface area contributed by atoms with Crippen molar-refractivity contribution in [2.45, 2.75) is 32.9 Å². The molecule has 0 aliphatic heterocycles. The summed E-state index contributed by atoms with van der Waals surface area (Å²) in [6.45, 7) is 5.14. The van der Waals surface area contributed by atoms with Crippen LogP contribution in [0, 0.1) is 0 Å². The van der Waals surface area contributed by atoms with Gasteiger partial charge in [-0.2, -0.15) is 5.10 Å². The fraction of sp³-hybridized carbons (Fsp3) is 0.318. The van der Waals surface area contributed by atoms with Crippen molar-refractivity contribution in [3.8, 4) is 5.75 Å². The molecule has 0 saturated carbocycles. The van der Waals surface area contributed by atoms with Crippen molar-refractivity contribution in [2.75, 3.05) is 17.2 Å². The van der Waals surface area contributed by atoms with E-state index in [0.29, 0.717) is 17.0 Å². The standard InChI is InChI=1S/C22H28N4O5S/c1-16(2)24-21(27)15-31-20-12-10-18(11-13-20)14-23-25-22(28)17(3)26(32(4,29)30)19-8-6-5-7-9-19/h5-14,16-17H,15H2,1-4H3,(H,24,27)(H,25,28)/b23-14-/t17-/m1/s1. The zero-order valence-corrected chi connectivity index (χ0v) is 19.3. The van der Waals surface area contributed by atoms with E-state index >= 15 is 0 Å². The molecule has 2 amide bonds. The van der Waals surface area contributed by atoms with Gasteiger partial charge in [-0.1, -0.05) is 18.2 Å². The number of hydrazone groups is 1. The van der Waals surface area contributed by atoms with E-state index in [2.05, 4.69) is 15.8 Å². The first-order chi connectivity index (χ1) is 15.1. The highest BCUT2D eigenvalue weighted by Crippen LogP contribution is 2.20. The van der Waals surface area contributed by atoms with Gasteiger partial charge in [0, 0.05) is 6.04 Å². The number of sulfonamides is 1. The molecule has 0 heterocycles. The number of benzene rings is 2. The van der Waals surface area contributed by atoms with Crippen LogP contribution in [-0.4, -0.2) is 51.4 Å². The van der Waals surface area contributed by atoms with Gasteiger partial charge in [-0.3, -0.25) is 13.9 Å². The van der Waals surface area contributed by atoms with Crippen LogP contribution in [0.3, 0.4) is 0 Å². The van der Waals surface area contributed by atoms with Gasteiger partial charge < -0.3 is 10.1 Å². The van der Waals surface area contributed by atoms with Crippen molar-refractivity contribution in [3.63, 3.8) is 0 Å². The Kier molecular flexibility index (Phi) is 8.77. The first kappa shape index (κ1) is 24.9. The Morgan fingerprint density at radius 3 is 2.25 bits per heavy atom. The molecule has 10 heteroatoms. The highest BCUT2D eigenvalue weighted by molar-refractivity contribution is 7.92. The number of carbonyl (C=O) groups excluding carboxylic acids is 2. The molecule has 2 rings (SSSR count). The number of amides is 2. The number of hydrogen-bond donors (Lipinski definition) is 2. The Hall–Kier alpha value is -3.40. The number of ether oxygens (including phenoxy) is 1. The van der Waals surface area contributed by atoms with Gasteiger partial charge in [0.15, 0.2) is 6.61 Å². The lowest BCUT2D eigenvalue weighted by Gasteiger charge is -2.27. The largest absolute Gasteiger partial charge is 0.484 e. The Labute approximate surface area is 188 Å². The summed E-state index contributed by atoms with van der Waals surface area (Å²) >= 11 is 0. The minimum Gasteiger partial charge on any atom is -0.484 e. The third-order valence-corrected chi connectivity index (χ3v) is 5.43. The minimum absolute atomic E-state index is 0.0415. The van der Waals surface area contributed by atoms with Gasteiger partial charge in [0.1, 0.15) is 11.8 Å². The molecule has 2 N–H and O–H groups in total. The molecule has 172 valence electrons. The molecule has 1 atom stereocenters. The Balaban J connectivity index is 1.95. The minimum atomic E-state index is -3.68. The van der Waals surface area contributed by atoms with Crippen LogP contribution in [0.5, 0.6) is 5.75 Å². The molecule has 2 aromatic rings. The Morgan fingerprint density at radius 2 is 1.69 bits per heavy atom. The van der Waals surface area contributed by atoms with Gasteiger partial charge in [-0.05, 0) is 62.7 Å². The summed E-state index contributed by atoms with van der Waals surface area (Å²) in [6, 6.07) is 14.2. The van der Waals surface area contributed by atoms with Crippen molar-refractivity contribution >= 4 is 33.7 Å². The van der Waals surface area contributed by atoms with Crippen LogP contribution in [0.4, 0.5) is 5.69 Å². The van der Waals surface area contributed by atoms with Crippen molar-refractivity contribution in [2.24, 2.45) is 5.10 Å². The molecule has 0 spiro atoms. The first-order valence-electron chi connectivity index (χ1n) is 9.97. The van der Waals surface area contributed by atoms with Gasteiger partial charge in [-0.15, -0.1) is 0 Å². The number of anilines is 1. The molecule has 0 aliphatic rings. The third kappa shape index (κ3) is 7.69. The molecule has 0 aromatic heterocycles. The second-order valence-corrected chi connectivity index (χ2v) is 9.24. The molecule has 0 bridgehead atoms. The summed E-state index contributed by atoms with van der Waals surface area (Å²) in [7, 11) is -3.68. The topological polar surface area (TPSA) is 117 Å². The van der Waals surface area contributed by atoms with E-state index in [1.807, 2.05) is 13.8 Å². The van der Waals surface area contributed by atoms with Crippen LogP contribution in [0.15, 0.2) is 59.7 Å². The van der Waals surface area contributed by atoms with Crippen LogP contribution in [0.1, 0.15) is 26.3 Å². The van der Waals surface area contributed by atoms with E-state index < -0.39 is 22.0 Å². The number of carbonyl (C=O) groups is 2. The van der Waals surface area contributed by atoms with Crippen LogP contribution in [0.25, 0.3) is 0 Å². The molecule has 9 nitrogen and oxygen atoms in total. The monoisotopic (exact) mass is 460 g/mol. The maximum Gasteiger partial charge on any atom is 0.263 e. The quantitative estimate of drug-likeness (QED) is 0.415.